The molecule has 4 rings (SSSR count). The summed E-state index contributed by atoms with van der Waals surface area (Å²) >= 11 is 0. The molecule has 1 aromatic heterocycles. The number of rotatable bonds is 6. The number of aromatic nitrogens is 2. The Labute approximate surface area is 182 Å². The summed E-state index contributed by atoms with van der Waals surface area (Å²) in [5, 5.41) is 3.60. The predicted molar refractivity (Wildman–Crippen MR) is 123 cm³/mol. The van der Waals surface area contributed by atoms with Gasteiger partial charge in [0, 0.05) is 6.54 Å². The van der Waals surface area contributed by atoms with E-state index in [0.717, 1.165) is 24.6 Å². The Bertz CT molecular complexity index is 1100. The lowest BCUT2D eigenvalue weighted by Gasteiger charge is -2.37. The standard InChI is InChI=1S/C25H30N4O2/c1-18-11-13-28(14-12-18)22(20-8-4-3-5-9-20)15-26-23(30)16-29-17-27-24-19(2)7-6-10-21(24)25(29)31/h3-10,17-18,22H,11-16H2,1-2H3,(H,26,30). The van der Waals surface area contributed by atoms with Crippen LogP contribution in [0.2, 0.25) is 0 Å². The van der Waals surface area contributed by atoms with E-state index >= 15 is 0 Å². The molecule has 3 aromatic rings. The van der Waals surface area contributed by atoms with E-state index < -0.39 is 0 Å². The van der Waals surface area contributed by atoms with Crippen molar-refractivity contribution in [3.63, 3.8) is 0 Å². The van der Waals surface area contributed by atoms with Gasteiger partial charge in [-0.3, -0.25) is 19.1 Å². The second-order valence-electron chi connectivity index (χ2n) is 8.60. The van der Waals surface area contributed by atoms with Crippen LogP contribution in [0.4, 0.5) is 0 Å². The van der Waals surface area contributed by atoms with Crippen LogP contribution in [0.3, 0.4) is 0 Å². The summed E-state index contributed by atoms with van der Waals surface area (Å²) in [5.41, 5.74) is 2.66. The summed E-state index contributed by atoms with van der Waals surface area (Å²) in [6, 6.07) is 16.0. The van der Waals surface area contributed by atoms with E-state index in [9.17, 15) is 9.59 Å². The highest BCUT2D eigenvalue weighted by molar-refractivity contribution is 5.81. The van der Waals surface area contributed by atoms with Crippen LogP contribution in [-0.2, 0) is 11.3 Å². The van der Waals surface area contributed by atoms with Crippen LogP contribution in [0.1, 0.15) is 36.9 Å². The quantitative estimate of drug-likeness (QED) is 0.667. The molecule has 1 unspecified atom stereocenters. The Morgan fingerprint density at radius 1 is 1.13 bits per heavy atom. The summed E-state index contributed by atoms with van der Waals surface area (Å²) in [5.74, 6) is 0.570. The van der Waals surface area contributed by atoms with Gasteiger partial charge in [-0.25, -0.2) is 4.98 Å². The fourth-order valence-electron chi connectivity index (χ4n) is 4.34. The van der Waals surface area contributed by atoms with E-state index in [1.165, 1.54) is 29.3 Å². The Hall–Kier alpha value is -2.99. The van der Waals surface area contributed by atoms with Gasteiger partial charge in [-0.05, 0) is 56.0 Å². The number of carbonyl (C=O) groups excluding carboxylic acids is 1. The minimum absolute atomic E-state index is 0.0335. The average molecular weight is 419 g/mol. The van der Waals surface area contributed by atoms with Crippen molar-refractivity contribution in [2.75, 3.05) is 19.6 Å². The number of likely N-dealkylation sites (tertiary alicyclic amines) is 1. The lowest BCUT2D eigenvalue weighted by molar-refractivity contribution is -0.122. The maximum absolute atomic E-state index is 12.8. The first-order valence-corrected chi connectivity index (χ1v) is 11.0. The van der Waals surface area contributed by atoms with Crippen molar-refractivity contribution in [1.82, 2.24) is 19.8 Å². The third-order valence-electron chi connectivity index (χ3n) is 6.31. The Morgan fingerprint density at radius 2 is 1.87 bits per heavy atom. The fourth-order valence-corrected chi connectivity index (χ4v) is 4.34. The molecule has 0 saturated carbocycles. The van der Waals surface area contributed by atoms with E-state index in [1.807, 2.05) is 37.3 Å². The number of fused-ring (bicyclic) bond motifs is 1. The molecule has 1 aliphatic rings. The smallest absolute Gasteiger partial charge is 0.261 e. The zero-order valence-electron chi connectivity index (χ0n) is 18.3. The minimum Gasteiger partial charge on any atom is -0.353 e. The molecule has 1 N–H and O–H groups in total. The van der Waals surface area contributed by atoms with E-state index in [2.05, 4.69) is 34.3 Å². The van der Waals surface area contributed by atoms with Crippen LogP contribution in [-0.4, -0.2) is 40.0 Å². The fraction of sp³-hybridized carbons (Fsp3) is 0.400. The van der Waals surface area contributed by atoms with E-state index in [-0.39, 0.29) is 24.1 Å². The first-order valence-electron chi connectivity index (χ1n) is 11.0. The Balaban J connectivity index is 1.46. The van der Waals surface area contributed by atoms with Crippen LogP contribution in [0.5, 0.6) is 0 Å². The van der Waals surface area contributed by atoms with Gasteiger partial charge in [0.2, 0.25) is 5.91 Å². The molecule has 1 fully saturated rings. The normalized spacial score (nSPS) is 16.3. The monoisotopic (exact) mass is 418 g/mol. The second-order valence-corrected chi connectivity index (χ2v) is 8.60. The largest absolute Gasteiger partial charge is 0.353 e. The zero-order chi connectivity index (χ0) is 21.8. The number of para-hydroxylation sites is 1. The van der Waals surface area contributed by atoms with Crippen molar-refractivity contribution in [3.8, 4) is 0 Å². The number of amides is 1. The van der Waals surface area contributed by atoms with Crippen molar-refractivity contribution in [2.24, 2.45) is 5.92 Å². The topological polar surface area (TPSA) is 67.2 Å². The number of aryl methyl sites for hydroxylation is 1. The molecule has 1 atom stereocenters. The van der Waals surface area contributed by atoms with Crippen LogP contribution in [0.25, 0.3) is 10.9 Å². The summed E-state index contributed by atoms with van der Waals surface area (Å²) in [7, 11) is 0. The molecule has 2 heterocycles. The number of piperidine rings is 1. The van der Waals surface area contributed by atoms with E-state index in [0.29, 0.717) is 17.4 Å². The highest BCUT2D eigenvalue weighted by Crippen LogP contribution is 2.26. The van der Waals surface area contributed by atoms with Crippen LogP contribution >= 0.6 is 0 Å². The molecule has 0 aliphatic carbocycles. The van der Waals surface area contributed by atoms with Crippen LogP contribution in [0.15, 0.2) is 59.7 Å². The molecule has 31 heavy (non-hydrogen) atoms. The second kappa shape index (κ2) is 9.43. The highest BCUT2D eigenvalue weighted by atomic mass is 16.2. The number of nitrogens with one attached hydrogen (secondary N) is 1. The predicted octanol–water partition coefficient (Wildman–Crippen LogP) is 3.29. The maximum Gasteiger partial charge on any atom is 0.261 e. The summed E-state index contributed by atoms with van der Waals surface area (Å²) < 4.78 is 1.39. The molecular weight excluding hydrogens is 388 g/mol. The molecular formula is C25H30N4O2. The molecule has 162 valence electrons. The molecule has 2 aromatic carbocycles. The van der Waals surface area contributed by atoms with Crippen molar-refractivity contribution in [3.05, 3.63) is 76.3 Å². The zero-order valence-corrected chi connectivity index (χ0v) is 18.3. The molecule has 1 aliphatic heterocycles. The van der Waals surface area contributed by atoms with Gasteiger partial charge in [-0.1, -0.05) is 49.4 Å². The highest BCUT2D eigenvalue weighted by Gasteiger charge is 2.25. The molecule has 0 spiro atoms. The van der Waals surface area contributed by atoms with Gasteiger partial charge in [-0.2, -0.15) is 0 Å². The number of carbonyl (C=O) groups is 1. The third kappa shape index (κ3) is 4.85. The van der Waals surface area contributed by atoms with Crippen LogP contribution in [0, 0.1) is 12.8 Å². The lowest BCUT2D eigenvalue weighted by Crippen LogP contribution is -2.43. The van der Waals surface area contributed by atoms with Gasteiger partial charge in [0.25, 0.3) is 5.56 Å². The summed E-state index contributed by atoms with van der Waals surface area (Å²) in [4.78, 5) is 32.4. The molecule has 1 amide bonds. The third-order valence-corrected chi connectivity index (χ3v) is 6.31. The van der Waals surface area contributed by atoms with Gasteiger partial charge in [0.05, 0.1) is 23.3 Å². The average Bonchev–Trinajstić information content (AvgIpc) is 2.78. The van der Waals surface area contributed by atoms with Crippen molar-refractivity contribution < 1.29 is 4.79 Å². The Morgan fingerprint density at radius 3 is 2.61 bits per heavy atom. The molecule has 1 saturated heterocycles. The van der Waals surface area contributed by atoms with Crippen LogP contribution < -0.4 is 10.9 Å². The van der Waals surface area contributed by atoms with E-state index in [1.54, 1.807) is 6.07 Å². The van der Waals surface area contributed by atoms with Crippen molar-refractivity contribution >= 4 is 16.8 Å². The summed E-state index contributed by atoms with van der Waals surface area (Å²) in [6.45, 7) is 6.78. The van der Waals surface area contributed by atoms with Gasteiger partial charge in [0.1, 0.15) is 6.54 Å². The Kier molecular flexibility index (Phi) is 6.47. The molecule has 0 radical (unpaired) electrons. The number of hydrogen-bond acceptors (Lipinski definition) is 4. The molecule has 6 heteroatoms. The van der Waals surface area contributed by atoms with E-state index in [4.69, 9.17) is 0 Å². The number of hydrogen-bond donors (Lipinski definition) is 1. The van der Waals surface area contributed by atoms with Crippen molar-refractivity contribution in [2.45, 2.75) is 39.3 Å². The molecule has 0 bridgehead atoms. The number of benzene rings is 2. The number of nitrogens with zero attached hydrogens (tertiary/aromatic N) is 3. The SMILES string of the molecule is Cc1cccc2c(=O)n(CC(=O)NCC(c3ccccc3)N3CCC(C)CC3)cnc12. The summed E-state index contributed by atoms with van der Waals surface area (Å²) in [6.07, 6.45) is 3.82. The van der Waals surface area contributed by atoms with Gasteiger partial charge in [0.15, 0.2) is 0 Å². The first kappa shape index (κ1) is 21.2. The van der Waals surface area contributed by atoms with Gasteiger partial charge in [-0.15, -0.1) is 0 Å². The van der Waals surface area contributed by atoms with Crippen molar-refractivity contribution in [1.29, 1.82) is 0 Å². The molecule has 6 nitrogen and oxygen atoms in total. The minimum atomic E-state index is -0.187. The maximum atomic E-state index is 12.8. The van der Waals surface area contributed by atoms with Gasteiger partial charge >= 0.3 is 0 Å². The van der Waals surface area contributed by atoms with Gasteiger partial charge < -0.3 is 5.32 Å². The lowest BCUT2D eigenvalue weighted by atomic mass is 9.95. The first-order chi connectivity index (χ1) is 15.0.